The summed E-state index contributed by atoms with van der Waals surface area (Å²) in [4.78, 5) is 25.8. The molecule has 4 nitrogen and oxygen atoms in total. The highest BCUT2D eigenvalue weighted by molar-refractivity contribution is 6.34. The molecule has 132 valence electrons. The minimum atomic E-state index is -0.174. The molecule has 0 radical (unpaired) electrons. The Morgan fingerprint density at radius 2 is 1.68 bits per heavy atom. The molecular formula is C20H23ClN2O2. The molecule has 0 unspecified atom stereocenters. The van der Waals surface area contributed by atoms with E-state index < -0.39 is 0 Å². The first-order valence-electron chi connectivity index (χ1n) is 8.19. The van der Waals surface area contributed by atoms with Crippen LogP contribution >= 0.6 is 11.6 Å². The Morgan fingerprint density at radius 1 is 1.04 bits per heavy atom. The van der Waals surface area contributed by atoms with Crippen molar-refractivity contribution in [1.29, 1.82) is 0 Å². The maximum atomic E-state index is 12.3. The Bertz CT molecular complexity index is 762. The van der Waals surface area contributed by atoms with Crippen molar-refractivity contribution in [3.63, 3.8) is 0 Å². The highest BCUT2D eigenvalue weighted by Gasteiger charge is 2.15. The van der Waals surface area contributed by atoms with Gasteiger partial charge >= 0.3 is 0 Å². The fourth-order valence-corrected chi connectivity index (χ4v) is 3.05. The number of benzene rings is 2. The highest BCUT2D eigenvalue weighted by atomic mass is 35.5. The molecule has 0 spiro atoms. The van der Waals surface area contributed by atoms with Crippen LogP contribution in [0.3, 0.4) is 0 Å². The molecule has 5 heteroatoms. The number of carbonyl (C=O) groups is 2. The van der Waals surface area contributed by atoms with Gasteiger partial charge in [0, 0.05) is 25.6 Å². The lowest BCUT2D eigenvalue weighted by Gasteiger charge is -2.21. The van der Waals surface area contributed by atoms with E-state index in [4.69, 9.17) is 11.6 Å². The number of aryl methyl sites for hydroxylation is 3. The van der Waals surface area contributed by atoms with Crippen LogP contribution in [-0.4, -0.2) is 18.4 Å². The summed E-state index contributed by atoms with van der Waals surface area (Å²) < 4.78 is 0. The zero-order chi connectivity index (χ0) is 18.6. The zero-order valence-electron chi connectivity index (χ0n) is 15.0. The van der Waals surface area contributed by atoms with Gasteiger partial charge in [0.1, 0.15) is 0 Å². The number of hydrogen-bond acceptors (Lipinski definition) is 2. The van der Waals surface area contributed by atoms with Crippen LogP contribution in [0.4, 0.5) is 11.4 Å². The first-order chi connectivity index (χ1) is 11.8. The number of hydrogen-bond donors (Lipinski definition) is 1. The molecule has 0 aromatic heterocycles. The number of rotatable bonds is 5. The molecule has 0 aliphatic carbocycles. The predicted molar refractivity (Wildman–Crippen MR) is 103 cm³/mol. The fraction of sp³-hybridized carbons (Fsp3) is 0.300. The number of anilines is 2. The Hall–Kier alpha value is -2.33. The van der Waals surface area contributed by atoms with E-state index in [2.05, 4.69) is 5.32 Å². The minimum Gasteiger partial charge on any atom is -0.324 e. The van der Waals surface area contributed by atoms with Gasteiger partial charge in [0.05, 0.1) is 10.7 Å². The third-order valence-corrected chi connectivity index (χ3v) is 4.28. The molecule has 0 heterocycles. The van der Waals surface area contributed by atoms with E-state index in [1.807, 2.05) is 57.2 Å². The van der Waals surface area contributed by atoms with Crippen LogP contribution in [0, 0.1) is 20.8 Å². The molecule has 2 amide bonds. The van der Waals surface area contributed by atoms with Crippen molar-refractivity contribution in [2.45, 2.75) is 34.1 Å². The van der Waals surface area contributed by atoms with Crippen molar-refractivity contribution in [2.24, 2.45) is 0 Å². The van der Waals surface area contributed by atoms with Gasteiger partial charge < -0.3 is 10.2 Å². The zero-order valence-corrected chi connectivity index (χ0v) is 15.8. The Balaban J connectivity index is 2.05. The van der Waals surface area contributed by atoms with Crippen LogP contribution in [0.5, 0.6) is 0 Å². The second-order valence-electron chi connectivity index (χ2n) is 6.24. The quantitative estimate of drug-likeness (QED) is 0.845. The number of halogens is 1. The van der Waals surface area contributed by atoms with E-state index >= 15 is 0 Å². The van der Waals surface area contributed by atoms with Crippen molar-refractivity contribution in [3.05, 3.63) is 58.1 Å². The number of nitrogens with one attached hydrogen (secondary N) is 1. The maximum Gasteiger partial charge on any atom is 0.226 e. The SMILES string of the molecule is CC(=O)N(CCC(=O)Nc1c(C)cc(C)cc1Cl)c1ccc(C)cc1. The predicted octanol–water partition coefficient (Wildman–Crippen LogP) is 4.65. The standard InChI is InChI=1S/C20H23ClN2O2/c1-13-5-7-17(8-6-13)23(16(4)24)10-9-19(25)22-20-15(3)11-14(2)12-18(20)21/h5-8,11-12H,9-10H2,1-4H3,(H,22,25). The molecule has 0 aliphatic heterocycles. The van der Waals surface area contributed by atoms with Gasteiger partial charge in [-0.3, -0.25) is 9.59 Å². The lowest BCUT2D eigenvalue weighted by molar-refractivity contribution is -0.117. The second-order valence-corrected chi connectivity index (χ2v) is 6.65. The first kappa shape index (κ1) is 19.0. The Kier molecular flexibility index (Phi) is 6.21. The number of amides is 2. The number of carbonyl (C=O) groups excluding carboxylic acids is 2. The summed E-state index contributed by atoms with van der Waals surface area (Å²) in [6.45, 7) is 7.66. The van der Waals surface area contributed by atoms with Gasteiger partial charge in [0.2, 0.25) is 11.8 Å². The van der Waals surface area contributed by atoms with Crippen LogP contribution in [0.15, 0.2) is 36.4 Å². The summed E-state index contributed by atoms with van der Waals surface area (Å²) in [6, 6.07) is 11.4. The van der Waals surface area contributed by atoms with Gasteiger partial charge in [-0.05, 0) is 50.1 Å². The van der Waals surface area contributed by atoms with E-state index in [1.165, 1.54) is 6.92 Å². The molecule has 2 aromatic carbocycles. The third-order valence-electron chi connectivity index (χ3n) is 3.98. The van der Waals surface area contributed by atoms with Crippen LogP contribution in [-0.2, 0) is 9.59 Å². The summed E-state index contributed by atoms with van der Waals surface area (Å²) >= 11 is 6.22. The molecule has 2 rings (SSSR count). The lowest BCUT2D eigenvalue weighted by Crippen LogP contribution is -2.32. The minimum absolute atomic E-state index is 0.0961. The molecule has 0 aliphatic rings. The molecule has 2 aromatic rings. The Labute approximate surface area is 153 Å². The molecule has 25 heavy (non-hydrogen) atoms. The summed E-state index contributed by atoms with van der Waals surface area (Å²) in [5.41, 5.74) is 4.50. The van der Waals surface area contributed by atoms with Gasteiger partial charge in [0.15, 0.2) is 0 Å². The topological polar surface area (TPSA) is 49.4 Å². The molecule has 0 saturated carbocycles. The van der Waals surface area contributed by atoms with E-state index in [0.717, 1.165) is 22.4 Å². The van der Waals surface area contributed by atoms with Crippen LogP contribution in [0.25, 0.3) is 0 Å². The average molecular weight is 359 g/mol. The fourth-order valence-electron chi connectivity index (χ4n) is 2.68. The van der Waals surface area contributed by atoms with Gasteiger partial charge in [-0.2, -0.15) is 0 Å². The summed E-state index contributed by atoms with van der Waals surface area (Å²) in [7, 11) is 0. The normalized spacial score (nSPS) is 10.4. The Morgan fingerprint density at radius 3 is 2.24 bits per heavy atom. The van der Waals surface area contributed by atoms with Crippen molar-refractivity contribution >= 4 is 34.8 Å². The lowest BCUT2D eigenvalue weighted by atomic mass is 10.1. The van der Waals surface area contributed by atoms with E-state index in [9.17, 15) is 9.59 Å². The molecule has 1 N–H and O–H groups in total. The molecular weight excluding hydrogens is 336 g/mol. The number of nitrogens with zero attached hydrogens (tertiary/aromatic N) is 1. The monoisotopic (exact) mass is 358 g/mol. The summed E-state index contributed by atoms with van der Waals surface area (Å²) in [6.07, 6.45) is 0.192. The van der Waals surface area contributed by atoms with E-state index in [0.29, 0.717) is 17.3 Å². The van der Waals surface area contributed by atoms with Crippen LogP contribution in [0.1, 0.15) is 30.0 Å². The van der Waals surface area contributed by atoms with Crippen molar-refractivity contribution < 1.29 is 9.59 Å². The van der Waals surface area contributed by atoms with E-state index in [1.54, 1.807) is 4.90 Å². The molecule has 0 bridgehead atoms. The molecule has 0 saturated heterocycles. The van der Waals surface area contributed by atoms with Gasteiger partial charge in [-0.15, -0.1) is 0 Å². The second kappa shape index (κ2) is 8.17. The van der Waals surface area contributed by atoms with Crippen LogP contribution < -0.4 is 10.2 Å². The molecule has 0 fully saturated rings. The van der Waals surface area contributed by atoms with Crippen molar-refractivity contribution in [2.75, 3.05) is 16.8 Å². The van der Waals surface area contributed by atoms with Gasteiger partial charge in [-0.1, -0.05) is 35.4 Å². The van der Waals surface area contributed by atoms with Gasteiger partial charge in [-0.25, -0.2) is 0 Å². The molecule has 0 atom stereocenters. The van der Waals surface area contributed by atoms with E-state index in [-0.39, 0.29) is 18.2 Å². The van der Waals surface area contributed by atoms with Crippen molar-refractivity contribution in [3.8, 4) is 0 Å². The van der Waals surface area contributed by atoms with Crippen molar-refractivity contribution in [1.82, 2.24) is 0 Å². The van der Waals surface area contributed by atoms with Crippen LogP contribution in [0.2, 0.25) is 5.02 Å². The largest absolute Gasteiger partial charge is 0.324 e. The first-order valence-corrected chi connectivity index (χ1v) is 8.57. The highest BCUT2D eigenvalue weighted by Crippen LogP contribution is 2.27. The maximum absolute atomic E-state index is 12.3. The summed E-state index contributed by atoms with van der Waals surface area (Å²) in [5.74, 6) is -0.270. The van der Waals surface area contributed by atoms with Gasteiger partial charge in [0.25, 0.3) is 0 Å². The average Bonchev–Trinajstić information content (AvgIpc) is 2.52. The third kappa shape index (κ3) is 5.07. The smallest absolute Gasteiger partial charge is 0.226 e. The summed E-state index contributed by atoms with van der Waals surface area (Å²) in [5, 5.41) is 3.37.